The van der Waals surface area contributed by atoms with Crippen LogP contribution in [-0.4, -0.2) is 56.6 Å². The molecule has 0 aliphatic carbocycles. The van der Waals surface area contributed by atoms with Crippen LogP contribution in [0.25, 0.3) is 0 Å². The van der Waals surface area contributed by atoms with Gasteiger partial charge in [-0.1, -0.05) is 26.7 Å². The van der Waals surface area contributed by atoms with Crippen LogP contribution in [0.3, 0.4) is 0 Å². The summed E-state index contributed by atoms with van der Waals surface area (Å²) in [5.74, 6) is -0.754. The molecule has 3 heteroatoms. The van der Waals surface area contributed by atoms with Gasteiger partial charge in [-0.25, -0.2) is 0 Å². The summed E-state index contributed by atoms with van der Waals surface area (Å²) in [6, 6.07) is 0. The first-order chi connectivity index (χ1) is 4.72. The third-order valence-corrected chi connectivity index (χ3v) is 1.75. The van der Waals surface area contributed by atoms with Crippen LogP contribution in [0.5, 0.6) is 0 Å². The Balaban J connectivity index is 0. The van der Waals surface area contributed by atoms with Crippen LogP contribution >= 0.6 is 0 Å². The Hall–Kier alpha value is 0.951. The molecule has 0 radical (unpaired) electrons. The number of carbonyl (C=O) groups is 1. The zero-order valence-electron chi connectivity index (χ0n) is 7.47. The molecule has 0 aliphatic heterocycles. The van der Waals surface area contributed by atoms with E-state index in [1.165, 1.54) is 0 Å². The number of carboxylic acid groups (broad SMARTS) is 1. The molecular formula is C8H16O2Sr+2. The van der Waals surface area contributed by atoms with Crippen LogP contribution in [0.2, 0.25) is 0 Å². The second kappa shape index (κ2) is 9.04. The summed E-state index contributed by atoms with van der Waals surface area (Å²) in [5.41, 5.74) is 0. The first kappa shape index (κ1) is 14.5. The van der Waals surface area contributed by atoms with Gasteiger partial charge in [0, 0.05) is 0 Å². The summed E-state index contributed by atoms with van der Waals surface area (Å²) in [7, 11) is 0. The minimum Gasteiger partial charge on any atom is -0.481 e. The number of rotatable bonds is 5. The van der Waals surface area contributed by atoms with E-state index in [9.17, 15) is 4.79 Å². The molecule has 0 fully saturated rings. The van der Waals surface area contributed by atoms with Crippen molar-refractivity contribution in [1.29, 1.82) is 0 Å². The Morgan fingerprint density at radius 2 is 2.00 bits per heavy atom. The average Bonchev–Trinajstić information content (AvgIpc) is 1.89. The van der Waals surface area contributed by atoms with E-state index in [-0.39, 0.29) is 51.4 Å². The molecule has 1 atom stereocenters. The Labute approximate surface area is 106 Å². The largest absolute Gasteiger partial charge is 2.00 e. The summed E-state index contributed by atoms with van der Waals surface area (Å²) in [6.07, 6.45) is 3.71. The first-order valence-corrected chi connectivity index (χ1v) is 3.95. The fraction of sp³-hybridized carbons (Fsp3) is 0.875. The molecule has 11 heavy (non-hydrogen) atoms. The third-order valence-electron chi connectivity index (χ3n) is 1.75. The van der Waals surface area contributed by atoms with E-state index in [2.05, 4.69) is 6.92 Å². The van der Waals surface area contributed by atoms with Crippen molar-refractivity contribution in [3.8, 4) is 0 Å². The topological polar surface area (TPSA) is 37.3 Å². The Morgan fingerprint density at radius 1 is 1.45 bits per heavy atom. The minimum absolute atomic E-state index is 0. The van der Waals surface area contributed by atoms with Crippen molar-refractivity contribution in [3.05, 3.63) is 0 Å². The zero-order chi connectivity index (χ0) is 7.98. The van der Waals surface area contributed by atoms with E-state index in [1.807, 2.05) is 6.92 Å². The molecule has 0 aliphatic rings. The number of unbranched alkanes of at least 4 members (excludes halogenated alkanes) is 1. The second-order valence-corrected chi connectivity index (χ2v) is 2.59. The molecule has 2 nitrogen and oxygen atoms in total. The van der Waals surface area contributed by atoms with Crippen LogP contribution in [0.4, 0.5) is 0 Å². The van der Waals surface area contributed by atoms with Crippen LogP contribution in [-0.2, 0) is 4.79 Å². The molecule has 60 valence electrons. The van der Waals surface area contributed by atoms with Gasteiger partial charge >= 0.3 is 51.5 Å². The molecule has 0 rings (SSSR count). The van der Waals surface area contributed by atoms with Crippen molar-refractivity contribution in [1.82, 2.24) is 0 Å². The quantitative estimate of drug-likeness (QED) is 0.734. The molecule has 0 aromatic rings. The maximum Gasteiger partial charge on any atom is 2.00 e. The molecule has 0 bridgehead atoms. The van der Waals surface area contributed by atoms with E-state index < -0.39 is 5.97 Å². The third kappa shape index (κ3) is 7.32. The molecule has 0 aromatic carbocycles. The molecule has 0 amide bonds. The standard InChI is InChI=1S/C8H16O2.Sr/c1-3-5-6-7(4-2)8(9)10;/h7H,3-6H2,1-2H3,(H,9,10);/q;+2. The Bertz CT molecular complexity index is 104. The molecule has 0 saturated carbocycles. The van der Waals surface area contributed by atoms with Crippen molar-refractivity contribution in [2.45, 2.75) is 39.5 Å². The summed E-state index contributed by atoms with van der Waals surface area (Å²) >= 11 is 0. The Morgan fingerprint density at radius 3 is 2.27 bits per heavy atom. The number of hydrogen-bond acceptors (Lipinski definition) is 1. The summed E-state index contributed by atoms with van der Waals surface area (Å²) < 4.78 is 0. The van der Waals surface area contributed by atoms with Crippen molar-refractivity contribution < 1.29 is 9.90 Å². The molecule has 1 unspecified atom stereocenters. The predicted molar refractivity (Wildman–Crippen MR) is 46.7 cm³/mol. The van der Waals surface area contributed by atoms with E-state index in [4.69, 9.17) is 5.11 Å². The second-order valence-electron chi connectivity index (χ2n) is 2.59. The minimum atomic E-state index is -0.643. The van der Waals surface area contributed by atoms with Gasteiger partial charge in [-0.15, -0.1) is 0 Å². The SMILES string of the molecule is CCCCC(CC)C(=O)O.[Sr+2]. The van der Waals surface area contributed by atoms with Gasteiger partial charge in [0.1, 0.15) is 0 Å². The summed E-state index contributed by atoms with van der Waals surface area (Å²) in [4.78, 5) is 10.4. The normalized spacial score (nSPS) is 11.8. The van der Waals surface area contributed by atoms with Crippen LogP contribution in [0, 0.1) is 5.92 Å². The van der Waals surface area contributed by atoms with Crippen molar-refractivity contribution >= 4 is 51.5 Å². The first-order valence-electron chi connectivity index (χ1n) is 3.95. The van der Waals surface area contributed by atoms with Gasteiger partial charge in [0.25, 0.3) is 0 Å². The van der Waals surface area contributed by atoms with Crippen LogP contribution in [0.1, 0.15) is 39.5 Å². The van der Waals surface area contributed by atoms with E-state index in [1.54, 1.807) is 0 Å². The Kier molecular flexibility index (Phi) is 11.9. The smallest absolute Gasteiger partial charge is 0.481 e. The summed E-state index contributed by atoms with van der Waals surface area (Å²) in [6.45, 7) is 4.00. The fourth-order valence-corrected chi connectivity index (χ4v) is 0.953. The van der Waals surface area contributed by atoms with Gasteiger partial charge in [0.15, 0.2) is 0 Å². The average molecular weight is 232 g/mol. The molecule has 1 N–H and O–H groups in total. The van der Waals surface area contributed by atoms with E-state index in [0.29, 0.717) is 0 Å². The maximum absolute atomic E-state index is 10.4. The van der Waals surface area contributed by atoms with Crippen molar-refractivity contribution in [3.63, 3.8) is 0 Å². The molecular weight excluding hydrogens is 216 g/mol. The van der Waals surface area contributed by atoms with E-state index >= 15 is 0 Å². The van der Waals surface area contributed by atoms with Gasteiger partial charge in [0.2, 0.25) is 0 Å². The summed E-state index contributed by atoms with van der Waals surface area (Å²) in [5, 5.41) is 8.60. The van der Waals surface area contributed by atoms with Gasteiger partial charge < -0.3 is 5.11 Å². The molecule has 0 heterocycles. The van der Waals surface area contributed by atoms with Gasteiger partial charge in [-0.05, 0) is 12.8 Å². The maximum atomic E-state index is 10.4. The zero-order valence-corrected chi connectivity index (χ0v) is 10.9. The van der Waals surface area contributed by atoms with Gasteiger partial charge in [-0.2, -0.15) is 0 Å². The number of carboxylic acids is 1. The van der Waals surface area contributed by atoms with Crippen LogP contribution in [0.15, 0.2) is 0 Å². The molecule has 0 saturated heterocycles. The van der Waals surface area contributed by atoms with Crippen LogP contribution < -0.4 is 0 Å². The van der Waals surface area contributed by atoms with Crippen molar-refractivity contribution in [2.24, 2.45) is 5.92 Å². The van der Waals surface area contributed by atoms with Crippen molar-refractivity contribution in [2.75, 3.05) is 0 Å². The van der Waals surface area contributed by atoms with Gasteiger partial charge in [-0.3, -0.25) is 4.79 Å². The predicted octanol–water partition coefficient (Wildman–Crippen LogP) is 1.91. The molecule has 0 spiro atoms. The fourth-order valence-electron chi connectivity index (χ4n) is 0.953. The monoisotopic (exact) mass is 232 g/mol. The number of aliphatic carboxylic acids is 1. The van der Waals surface area contributed by atoms with Gasteiger partial charge in [0.05, 0.1) is 5.92 Å². The molecule has 0 aromatic heterocycles. The number of hydrogen-bond donors (Lipinski definition) is 1. The van der Waals surface area contributed by atoms with E-state index in [0.717, 1.165) is 25.7 Å².